The molecule has 23 heteroatoms. The van der Waals surface area contributed by atoms with Gasteiger partial charge in [-0.3, -0.25) is 18.1 Å². The molecule has 0 spiro atoms. The lowest BCUT2D eigenvalue weighted by Crippen LogP contribution is -2.34. The number of rotatable bonds is 10. The van der Waals surface area contributed by atoms with Crippen molar-refractivity contribution in [3.05, 3.63) is 66.7 Å². The summed E-state index contributed by atoms with van der Waals surface area (Å²) >= 11 is 0. The maximum atomic E-state index is 14.4. The van der Waals surface area contributed by atoms with E-state index < -0.39 is 84.7 Å². The van der Waals surface area contributed by atoms with Crippen LogP contribution in [-0.2, 0) is 30.4 Å². The van der Waals surface area contributed by atoms with Gasteiger partial charge in [-0.05, 0) is 47.9 Å². The first kappa shape index (κ1) is 36.8. The van der Waals surface area contributed by atoms with E-state index in [0.717, 1.165) is 30.0 Å². The van der Waals surface area contributed by atoms with Gasteiger partial charge >= 0.3 is 6.08 Å². The molecule has 0 aliphatic carbocycles. The SMILES string of the molecule is C[N+](C)(C)c1ccc(Nc2nc(F)nc(Nc3ccc(S(=O)(=O)O)c(N=Nc4c(N)c(S(=O)(=O)O)cc5cc(S(=O)(=O)O)cc(O)c45)c3)n2)cc1. The van der Waals surface area contributed by atoms with Crippen LogP contribution in [-0.4, -0.2) is 80.1 Å². The normalized spacial score (nSPS) is 12.8. The zero-order valence-corrected chi connectivity index (χ0v) is 28.8. The van der Waals surface area contributed by atoms with E-state index in [1.165, 1.54) is 0 Å². The highest BCUT2D eigenvalue weighted by Crippen LogP contribution is 2.44. The van der Waals surface area contributed by atoms with Crippen molar-refractivity contribution in [1.29, 1.82) is 0 Å². The van der Waals surface area contributed by atoms with Crippen molar-refractivity contribution in [2.24, 2.45) is 10.2 Å². The van der Waals surface area contributed by atoms with Gasteiger partial charge in [0.15, 0.2) is 0 Å². The van der Waals surface area contributed by atoms with Gasteiger partial charge in [-0.2, -0.15) is 44.6 Å². The fourth-order valence-corrected chi connectivity index (χ4v) is 6.43. The Labute approximate surface area is 289 Å². The van der Waals surface area contributed by atoms with E-state index in [0.29, 0.717) is 22.3 Å². The number of anilines is 5. The number of aromatic hydroxyl groups is 1. The van der Waals surface area contributed by atoms with Crippen LogP contribution in [0.25, 0.3) is 10.8 Å². The number of aromatic nitrogens is 3. The molecule has 1 heterocycles. The largest absolute Gasteiger partial charge is 0.507 e. The van der Waals surface area contributed by atoms with Crippen molar-refractivity contribution in [1.82, 2.24) is 19.4 Å². The highest BCUT2D eigenvalue weighted by molar-refractivity contribution is 7.86. The van der Waals surface area contributed by atoms with Crippen LogP contribution in [0.5, 0.6) is 5.75 Å². The molecule has 0 atom stereocenters. The van der Waals surface area contributed by atoms with Gasteiger partial charge in [0, 0.05) is 29.6 Å². The number of azo groups is 1. The highest BCUT2D eigenvalue weighted by Gasteiger charge is 2.25. The fourth-order valence-electron chi connectivity index (χ4n) is 4.64. The number of nitrogen functional groups attached to an aromatic ring is 1. The van der Waals surface area contributed by atoms with Crippen LogP contribution in [0.1, 0.15) is 0 Å². The van der Waals surface area contributed by atoms with Crippen LogP contribution in [0, 0.1) is 6.08 Å². The number of phenols is 1. The minimum Gasteiger partial charge on any atom is -0.507 e. The Morgan fingerprint density at radius 2 is 1.29 bits per heavy atom. The predicted octanol–water partition coefficient (Wildman–Crippen LogP) is 4.29. The molecule has 268 valence electrons. The van der Waals surface area contributed by atoms with Crippen molar-refractivity contribution < 1.29 is 48.4 Å². The van der Waals surface area contributed by atoms with Gasteiger partial charge in [0.25, 0.3) is 30.4 Å². The summed E-state index contributed by atoms with van der Waals surface area (Å²) in [5.74, 6) is -1.44. The summed E-state index contributed by atoms with van der Waals surface area (Å²) in [6.07, 6.45) is -1.19. The highest BCUT2D eigenvalue weighted by atomic mass is 32.2. The molecule has 0 saturated heterocycles. The molecule has 0 aliphatic rings. The van der Waals surface area contributed by atoms with Gasteiger partial charge in [-0.15, -0.1) is 10.2 Å². The topological polar surface area (TPSA) is 297 Å². The van der Waals surface area contributed by atoms with E-state index in [1.54, 1.807) is 12.1 Å². The average molecular weight is 765 g/mol. The summed E-state index contributed by atoms with van der Waals surface area (Å²) in [6, 6.07) is 12.2. The van der Waals surface area contributed by atoms with Crippen LogP contribution in [0.15, 0.2) is 85.6 Å². The smallest absolute Gasteiger partial charge is 0.315 e. The lowest BCUT2D eigenvalue weighted by atomic mass is 10.1. The number of halogens is 1. The summed E-state index contributed by atoms with van der Waals surface area (Å²) in [5, 5.41) is 22.9. The molecule has 5 aromatic rings. The predicted molar refractivity (Wildman–Crippen MR) is 182 cm³/mol. The van der Waals surface area contributed by atoms with Crippen LogP contribution >= 0.6 is 0 Å². The summed E-state index contributed by atoms with van der Waals surface area (Å²) in [4.78, 5) is 8.61. The number of phenolic OH excluding ortho intramolecular Hbond substituents is 1. The van der Waals surface area contributed by atoms with Crippen molar-refractivity contribution in [2.75, 3.05) is 37.5 Å². The van der Waals surface area contributed by atoms with E-state index in [-0.39, 0.29) is 17.6 Å². The summed E-state index contributed by atoms with van der Waals surface area (Å²) in [6.45, 7) is 0. The molecule has 19 nitrogen and oxygen atoms in total. The Bertz CT molecular complexity index is 2580. The average Bonchev–Trinajstić information content (AvgIpc) is 2.98. The maximum absolute atomic E-state index is 14.4. The van der Waals surface area contributed by atoms with Crippen molar-refractivity contribution in [3.8, 4) is 5.75 Å². The first-order valence-corrected chi connectivity index (χ1v) is 18.3. The van der Waals surface area contributed by atoms with Gasteiger partial charge in [-0.1, -0.05) is 0 Å². The quantitative estimate of drug-likeness (QED) is 0.0451. The number of nitrogens with one attached hydrogen (secondary N) is 2. The molecule has 0 fully saturated rings. The fraction of sp³-hybridized carbons (Fsp3) is 0.107. The molecule has 0 aliphatic heterocycles. The number of hydrogen-bond acceptors (Lipinski definition) is 15. The minimum atomic E-state index is -5.12. The van der Waals surface area contributed by atoms with Crippen molar-refractivity contribution in [3.63, 3.8) is 0 Å². The molecule has 8 N–H and O–H groups in total. The zero-order chi connectivity index (χ0) is 37.7. The van der Waals surface area contributed by atoms with Crippen LogP contribution in [0.2, 0.25) is 0 Å². The Balaban J connectivity index is 1.57. The van der Waals surface area contributed by atoms with Gasteiger partial charge in [0.05, 0.1) is 37.1 Å². The molecule has 0 radical (unpaired) electrons. The standard InChI is InChI=1S/C28H26FN9O10S3/c1-38(2,3)17-7-4-15(5-8-17)31-27-33-26(29)34-28(35-27)32-16-6-9-21(50(43,44)45)19(12-16)36-37-25-23-14(11-22(24(25)30)51(46,47)48)10-18(13-20(23)39)49(40,41)42/h4-13H,1-3H3,(H7-,30,31,32,33,34,35,36,37,39,40,41,42,43,44,45,46,47,48)/p+1. The van der Waals surface area contributed by atoms with E-state index in [9.17, 15) is 48.4 Å². The molecule has 0 unspecified atom stereocenters. The third kappa shape index (κ3) is 8.31. The molecule has 0 saturated carbocycles. The van der Waals surface area contributed by atoms with E-state index in [2.05, 4.69) is 35.8 Å². The number of benzene rings is 4. The monoisotopic (exact) mass is 764 g/mol. The Kier molecular flexibility index (Phi) is 9.42. The minimum absolute atomic E-state index is 0.0367. The number of quaternary nitrogens is 1. The molecular formula is C28H27FN9O10S3+. The van der Waals surface area contributed by atoms with E-state index in [1.807, 2.05) is 33.3 Å². The molecule has 4 aromatic carbocycles. The van der Waals surface area contributed by atoms with E-state index in [4.69, 9.17) is 5.73 Å². The number of hydrogen-bond donors (Lipinski definition) is 7. The second kappa shape index (κ2) is 13.0. The van der Waals surface area contributed by atoms with Crippen molar-refractivity contribution >= 4 is 87.1 Å². The Morgan fingerprint density at radius 1 is 0.725 bits per heavy atom. The maximum Gasteiger partial charge on any atom is 0.315 e. The number of fused-ring (bicyclic) bond motifs is 1. The molecule has 51 heavy (non-hydrogen) atoms. The Morgan fingerprint density at radius 3 is 1.84 bits per heavy atom. The Hall–Kier alpha value is -5.43. The summed E-state index contributed by atoms with van der Waals surface area (Å²) in [7, 11) is -9.12. The molecule has 5 rings (SSSR count). The van der Waals surface area contributed by atoms with Gasteiger partial charge < -0.3 is 21.5 Å². The number of nitrogens with zero attached hydrogens (tertiary/aromatic N) is 6. The third-order valence-corrected chi connectivity index (χ3v) is 9.62. The molecule has 0 bridgehead atoms. The lowest BCUT2D eigenvalue weighted by Gasteiger charge is -2.23. The number of nitrogens with two attached hydrogens (primary N) is 1. The molecular weight excluding hydrogens is 738 g/mol. The van der Waals surface area contributed by atoms with Gasteiger partial charge in [0.2, 0.25) is 11.9 Å². The van der Waals surface area contributed by atoms with E-state index >= 15 is 0 Å². The first-order valence-electron chi connectivity index (χ1n) is 14.0. The molecule has 1 aromatic heterocycles. The summed E-state index contributed by atoms with van der Waals surface area (Å²) in [5.41, 5.74) is 5.29. The van der Waals surface area contributed by atoms with Crippen LogP contribution in [0.4, 0.5) is 50.4 Å². The van der Waals surface area contributed by atoms with Crippen LogP contribution in [0.3, 0.4) is 0 Å². The summed E-state index contributed by atoms with van der Waals surface area (Å²) < 4.78 is 116. The first-order chi connectivity index (χ1) is 23.5. The third-order valence-electron chi connectivity index (χ3n) is 7.00. The second-order valence-electron chi connectivity index (χ2n) is 11.5. The lowest BCUT2D eigenvalue weighted by molar-refractivity contribution is 0.471. The second-order valence-corrected chi connectivity index (χ2v) is 15.7. The zero-order valence-electron chi connectivity index (χ0n) is 26.4. The van der Waals surface area contributed by atoms with Gasteiger partial charge in [-0.25, -0.2) is 0 Å². The van der Waals surface area contributed by atoms with Crippen molar-refractivity contribution in [2.45, 2.75) is 14.7 Å². The van der Waals surface area contributed by atoms with Gasteiger partial charge in [0.1, 0.15) is 32.6 Å². The van der Waals surface area contributed by atoms with Crippen LogP contribution < -0.4 is 20.9 Å². The molecule has 0 amide bonds.